The zero-order valence-corrected chi connectivity index (χ0v) is 5.94. The minimum Gasteiger partial charge on any atom is -0.299 e. The summed E-state index contributed by atoms with van der Waals surface area (Å²) in [7, 11) is 0. The first-order chi connectivity index (χ1) is 5.74. The zero-order valence-electron chi connectivity index (χ0n) is 8.94. The van der Waals surface area contributed by atoms with Crippen molar-refractivity contribution in [1.82, 2.24) is 0 Å². The summed E-state index contributed by atoms with van der Waals surface area (Å²) in [5.41, 5.74) is -1.14. The number of carbonyl (C=O) groups excluding carboxylic acids is 2. The van der Waals surface area contributed by atoms with Gasteiger partial charge in [0.15, 0.2) is 0 Å². The van der Waals surface area contributed by atoms with Crippen molar-refractivity contribution in [3.8, 4) is 0 Å². The highest BCUT2D eigenvalue weighted by Crippen LogP contribution is 2.30. The highest BCUT2D eigenvalue weighted by atomic mass is 16.1. The van der Waals surface area contributed by atoms with E-state index >= 15 is 0 Å². The van der Waals surface area contributed by atoms with Crippen molar-refractivity contribution in [2.45, 2.75) is 33.0 Å². The average Bonchev–Trinajstić information content (AvgIpc) is 1.79. The van der Waals surface area contributed by atoms with Crippen molar-refractivity contribution in [3.05, 3.63) is 0 Å². The van der Waals surface area contributed by atoms with Crippen LogP contribution in [0.15, 0.2) is 0 Å². The van der Waals surface area contributed by atoms with E-state index in [9.17, 15) is 9.59 Å². The first kappa shape index (κ1) is 4.27. The Balaban J connectivity index is 2.91. The van der Waals surface area contributed by atoms with Crippen molar-refractivity contribution >= 4 is 11.6 Å². The van der Waals surface area contributed by atoms with E-state index < -0.39 is 12.3 Å². The van der Waals surface area contributed by atoms with Crippen LogP contribution in [0.4, 0.5) is 0 Å². The van der Waals surface area contributed by atoms with E-state index in [-0.39, 0.29) is 30.8 Å². The maximum Gasteiger partial charge on any atom is 0.140 e. The van der Waals surface area contributed by atoms with Gasteiger partial charge >= 0.3 is 0 Å². The Bertz CT molecular complexity index is 239. The van der Waals surface area contributed by atoms with Crippen LogP contribution < -0.4 is 0 Å². The number of hydrogen-bond donors (Lipinski definition) is 0. The Morgan fingerprint density at radius 3 is 2.30 bits per heavy atom. The Morgan fingerprint density at radius 2 is 1.90 bits per heavy atom. The second-order valence-corrected chi connectivity index (χ2v) is 3.17. The van der Waals surface area contributed by atoms with E-state index in [1.807, 2.05) is 0 Å². The first-order valence-electron chi connectivity index (χ1n) is 4.78. The van der Waals surface area contributed by atoms with Crippen LogP contribution in [0.1, 0.15) is 37.2 Å². The summed E-state index contributed by atoms with van der Waals surface area (Å²) in [5.74, 6) is -0.509. The monoisotopic (exact) mass is 143 g/mol. The van der Waals surface area contributed by atoms with Crippen molar-refractivity contribution in [1.29, 1.82) is 0 Å². The van der Waals surface area contributed by atoms with Gasteiger partial charge in [-0.25, -0.2) is 0 Å². The lowest BCUT2D eigenvalue weighted by Crippen LogP contribution is -2.28. The number of hydrogen-bond acceptors (Lipinski definition) is 2. The summed E-state index contributed by atoms with van der Waals surface area (Å²) in [6.45, 7) is -0.742. The second kappa shape index (κ2) is 2.19. The Morgan fingerprint density at radius 1 is 1.40 bits per heavy atom. The molecular formula is C8H12O2. The molecule has 1 fully saturated rings. The summed E-state index contributed by atoms with van der Waals surface area (Å²) in [6, 6.07) is 0. The number of Topliss-reactive ketones (excluding diaryl/α,β-unsaturated/α-hetero) is 2. The smallest absolute Gasteiger partial charge is 0.140 e. The van der Waals surface area contributed by atoms with Gasteiger partial charge in [-0.2, -0.15) is 0 Å². The van der Waals surface area contributed by atoms with Gasteiger partial charge in [0.2, 0.25) is 0 Å². The van der Waals surface area contributed by atoms with Crippen LogP contribution in [0, 0.1) is 5.41 Å². The first-order valence-corrected chi connectivity index (χ1v) is 3.28. The molecule has 56 valence electrons. The van der Waals surface area contributed by atoms with Gasteiger partial charge in [0.05, 0.1) is 6.42 Å². The SMILES string of the molecule is [2H]C([2H])([2H])C1(C)CC(=O)CC(=O)C1. The van der Waals surface area contributed by atoms with Crippen LogP contribution in [0.3, 0.4) is 0 Å². The number of rotatable bonds is 0. The molecule has 0 spiro atoms. The molecule has 1 rings (SSSR count). The van der Waals surface area contributed by atoms with Gasteiger partial charge in [-0.1, -0.05) is 13.8 Å². The molecule has 0 unspecified atom stereocenters. The van der Waals surface area contributed by atoms with Gasteiger partial charge in [0, 0.05) is 17.0 Å². The van der Waals surface area contributed by atoms with Crippen LogP contribution in [-0.4, -0.2) is 11.6 Å². The Labute approximate surface area is 64.8 Å². The van der Waals surface area contributed by atoms with E-state index in [1.54, 1.807) is 0 Å². The molecule has 0 amide bonds. The van der Waals surface area contributed by atoms with Gasteiger partial charge in [0.25, 0.3) is 0 Å². The van der Waals surface area contributed by atoms with Crippen LogP contribution in [-0.2, 0) is 9.59 Å². The third-order valence-electron chi connectivity index (χ3n) is 1.57. The predicted octanol–water partition coefficient (Wildman–Crippen LogP) is 1.33. The highest BCUT2D eigenvalue weighted by molar-refractivity contribution is 6.01. The molecule has 0 saturated heterocycles. The fourth-order valence-electron chi connectivity index (χ4n) is 1.28. The van der Waals surface area contributed by atoms with Crippen molar-refractivity contribution in [3.63, 3.8) is 0 Å². The highest BCUT2D eigenvalue weighted by Gasteiger charge is 2.31. The molecule has 0 radical (unpaired) electrons. The summed E-state index contributed by atoms with van der Waals surface area (Å²) in [4.78, 5) is 22.1. The molecule has 0 atom stereocenters. The molecule has 0 aromatic rings. The summed E-state index contributed by atoms with van der Waals surface area (Å²) in [6.07, 6.45) is -0.101. The molecule has 0 aromatic carbocycles. The van der Waals surface area contributed by atoms with Gasteiger partial charge in [-0.3, -0.25) is 9.59 Å². The van der Waals surface area contributed by atoms with Crippen LogP contribution in [0.25, 0.3) is 0 Å². The van der Waals surface area contributed by atoms with E-state index in [0.717, 1.165) is 0 Å². The van der Waals surface area contributed by atoms with Gasteiger partial charge in [-0.05, 0) is 5.41 Å². The van der Waals surface area contributed by atoms with Gasteiger partial charge in [0.1, 0.15) is 11.6 Å². The van der Waals surface area contributed by atoms with Crippen molar-refractivity contribution in [2.24, 2.45) is 5.41 Å². The molecule has 0 aromatic heterocycles. The topological polar surface area (TPSA) is 34.1 Å². The Kier molecular flexibility index (Phi) is 0.932. The van der Waals surface area contributed by atoms with Gasteiger partial charge < -0.3 is 0 Å². The largest absolute Gasteiger partial charge is 0.299 e. The molecule has 1 aliphatic rings. The second-order valence-electron chi connectivity index (χ2n) is 3.17. The molecule has 1 saturated carbocycles. The average molecular weight is 143 g/mol. The molecule has 0 bridgehead atoms. The molecule has 2 heteroatoms. The number of ketones is 2. The van der Waals surface area contributed by atoms with Crippen LogP contribution in [0.2, 0.25) is 0 Å². The molecule has 2 nitrogen and oxygen atoms in total. The van der Waals surface area contributed by atoms with Crippen molar-refractivity contribution < 1.29 is 13.7 Å². The van der Waals surface area contributed by atoms with E-state index in [0.29, 0.717) is 0 Å². The van der Waals surface area contributed by atoms with Crippen LogP contribution >= 0.6 is 0 Å². The van der Waals surface area contributed by atoms with E-state index in [1.165, 1.54) is 6.92 Å². The predicted molar refractivity (Wildman–Crippen MR) is 37.6 cm³/mol. The zero-order chi connectivity index (χ0) is 10.3. The number of carbonyl (C=O) groups is 2. The maximum absolute atomic E-state index is 11.1. The lowest BCUT2D eigenvalue weighted by atomic mass is 9.76. The molecule has 10 heavy (non-hydrogen) atoms. The van der Waals surface area contributed by atoms with E-state index in [2.05, 4.69) is 0 Å². The Hall–Kier alpha value is -0.660. The van der Waals surface area contributed by atoms with Crippen molar-refractivity contribution in [2.75, 3.05) is 0 Å². The summed E-state index contributed by atoms with van der Waals surface area (Å²) >= 11 is 0. The summed E-state index contributed by atoms with van der Waals surface area (Å²) < 4.78 is 21.7. The molecule has 0 N–H and O–H groups in total. The lowest BCUT2D eigenvalue weighted by Gasteiger charge is -2.26. The molecule has 0 heterocycles. The van der Waals surface area contributed by atoms with Crippen LogP contribution in [0.5, 0.6) is 0 Å². The molecule has 1 aliphatic carbocycles. The molecular weight excluding hydrogens is 128 g/mol. The maximum atomic E-state index is 11.1. The van der Waals surface area contributed by atoms with E-state index in [4.69, 9.17) is 4.11 Å². The standard InChI is InChI=1S/C8H12O2/c1-8(2)4-6(9)3-7(10)5-8/h3-5H2,1-2H3/i1D3. The minimum atomic E-state index is -2.22. The molecule has 0 aliphatic heterocycles. The fraction of sp³-hybridized carbons (Fsp3) is 0.750. The minimum absolute atomic E-state index is 0.00472. The third kappa shape index (κ3) is 1.66. The third-order valence-corrected chi connectivity index (χ3v) is 1.57. The van der Waals surface area contributed by atoms with Gasteiger partial charge in [-0.15, -0.1) is 0 Å². The normalized spacial score (nSPS) is 30.7. The fourth-order valence-corrected chi connectivity index (χ4v) is 1.28. The quantitative estimate of drug-likeness (QED) is 0.479. The lowest BCUT2D eigenvalue weighted by molar-refractivity contribution is -0.133. The summed E-state index contributed by atoms with van der Waals surface area (Å²) in [5, 5.41) is 0.